The Balaban J connectivity index is 2.09. The molecule has 4 N–H and O–H groups in total. The summed E-state index contributed by atoms with van der Waals surface area (Å²) in [4.78, 5) is 12.3. The van der Waals surface area contributed by atoms with E-state index in [4.69, 9.17) is 15.7 Å². The van der Waals surface area contributed by atoms with Crippen LogP contribution in [0.5, 0.6) is 0 Å². The Bertz CT molecular complexity index is 364. The third-order valence-electron chi connectivity index (χ3n) is 4.31. The molecule has 1 heterocycles. The van der Waals surface area contributed by atoms with Crippen LogP contribution in [0.3, 0.4) is 0 Å². The number of hydrogen-bond acceptors (Lipinski definition) is 4. The molecule has 2 unspecified atom stereocenters. The first-order chi connectivity index (χ1) is 9.09. The summed E-state index contributed by atoms with van der Waals surface area (Å²) in [5, 5.41) is 15.1. The number of rotatable bonds is 3. The van der Waals surface area contributed by atoms with Gasteiger partial charge in [-0.25, -0.2) is 0 Å². The summed E-state index contributed by atoms with van der Waals surface area (Å²) >= 11 is 0. The van der Waals surface area contributed by atoms with Crippen LogP contribution in [0.1, 0.15) is 45.4 Å². The number of nitrogens with zero attached hydrogens (tertiary/aromatic N) is 1. The van der Waals surface area contributed by atoms with Crippen LogP contribution in [0.25, 0.3) is 0 Å². The highest BCUT2D eigenvalue weighted by Crippen LogP contribution is 2.30. The molecule has 108 valence electrons. The number of nitrogens with two attached hydrogens (primary N) is 1. The number of carbonyl (C=O) groups is 1. The van der Waals surface area contributed by atoms with Gasteiger partial charge in [0.25, 0.3) is 0 Å². The zero-order valence-corrected chi connectivity index (χ0v) is 11.4. The van der Waals surface area contributed by atoms with Gasteiger partial charge in [-0.2, -0.15) is 0 Å². The van der Waals surface area contributed by atoms with E-state index >= 15 is 0 Å². The molecule has 0 aromatic heterocycles. The summed E-state index contributed by atoms with van der Waals surface area (Å²) < 4.78 is 5.47. The Morgan fingerprint density at radius 1 is 1.42 bits per heavy atom. The van der Waals surface area contributed by atoms with Gasteiger partial charge < -0.3 is 21.0 Å². The molecule has 2 aliphatic rings. The molecule has 0 radical (unpaired) electrons. The molecule has 2 fully saturated rings. The second-order valence-corrected chi connectivity index (χ2v) is 5.67. The SMILES string of the molecule is CC1CCOC1C(=O)NC1(C(N)=NO)CCCCC1. The monoisotopic (exact) mass is 269 g/mol. The Morgan fingerprint density at radius 2 is 2.11 bits per heavy atom. The van der Waals surface area contributed by atoms with E-state index in [1.807, 2.05) is 6.92 Å². The molecular formula is C13H23N3O3. The fraction of sp³-hybridized carbons (Fsp3) is 0.846. The molecule has 0 spiro atoms. The maximum atomic E-state index is 12.3. The molecule has 1 amide bonds. The topological polar surface area (TPSA) is 96.9 Å². The Kier molecular flexibility index (Phi) is 4.29. The smallest absolute Gasteiger partial charge is 0.250 e. The van der Waals surface area contributed by atoms with Gasteiger partial charge in [0, 0.05) is 6.61 Å². The van der Waals surface area contributed by atoms with Gasteiger partial charge >= 0.3 is 0 Å². The highest BCUT2D eigenvalue weighted by molar-refractivity contribution is 5.95. The minimum Gasteiger partial charge on any atom is -0.409 e. The van der Waals surface area contributed by atoms with Crippen LogP contribution in [-0.4, -0.2) is 35.2 Å². The molecule has 2 rings (SSSR count). The average Bonchev–Trinajstić information content (AvgIpc) is 2.85. The summed E-state index contributed by atoms with van der Waals surface area (Å²) in [5.41, 5.74) is 5.11. The second kappa shape index (κ2) is 5.77. The van der Waals surface area contributed by atoms with Crippen molar-refractivity contribution in [2.24, 2.45) is 16.8 Å². The average molecular weight is 269 g/mol. The zero-order chi connectivity index (χ0) is 13.9. The highest BCUT2D eigenvalue weighted by Gasteiger charge is 2.41. The molecule has 0 aromatic rings. The normalized spacial score (nSPS) is 31.1. The van der Waals surface area contributed by atoms with Crippen LogP contribution in [-0.2, 0) is 9.53 Å². The summed E-state index contributed by atoms with van der Waals surface area (Å²) in [5.74, 6) is 0.178. The van der Waals surface area contributed by atoms with Gasteiger partial charge in [0.1, 0.15) is 11.6 Å². The van der Waals surface area contributed by atoms with Crippen LogP contribution in [0.4, 0.5) is 0 Å². The van der Waals surface area contributed by atoms with Gasteiger partial charge in [0.05, 0.1) is 0 Å². The molecule has 0 aromatic carbocycles. The van der Waals surface area contributed by atoms with Crippen molar-refractivity contribution in [2.45, 2.75) is 57.1 Å². The van der Waals surface area contributed by atoms with E-state index in [0.29, 0.717) is 6.61 Å². The quantitative estimate of drug-likeness (QED) is 0.308. The molecular weight excluding hydrogens is 246 g/mol. The van der Waals surface area contributed by atoms with Crippen molar-refractivity contribution < 1.29 is 14.7 Å². The predicted molar refractivity (Wildman–Crippen MR) is 70.9 cm³/mol. The third-order valence-corrected chi connectivity index (χ3v) is 4.31. The van der Waals surface area contributed by atoms with Crippen LogP contribution >= 0.6 is 0 Å². The fourth-order valence-electron chi connectivity index (χ4n) is 3.03. The lowest BCUT2D eigenvalue weighted by atomic mass is 9.80. The van der Waals surface area contributed by atoms with Gasteiger partial charge in [-0.05, 0) is 25.2 Å². The van der Waals surface area contributed by atoms with E-state index in [9.17, 15) is 4.79 Å². The first kappa shape index (κ1) is 14.1. The number of amidine groups is 1. The van der Waals surface area contributed by atoms with Crippen molar-refractivity contribution in [3.05, 3.63) is 0 Å². The number of amides is 1. The van der Waals surface area contributed by atoms with Crippen molar-refractivity contribution in [2.75, 3.05) is 6.61 Å². The fourth-order valence-corrected chi connectivity index (χ4v) is 3.03. The molecule has 2 atom stereocenters. The molecule has 1 aliphatic carbocycles. The molecule has 1 saturated heterocycles. The van der Waals surface area contributed by atoms with Crippen LogP contribution < -0.4 is 11.1 Å². The van der Waals surface area contributed by atoms with Gasteiger partial charge in [-0.15, -0.1) is 0 Å². The van der Waals surface area contributed by atoms with E-state index in [1.165, 1.54) is 0 Å². The van der Waals surface area contributed by atoms with E-state index in [1.54, 1.807) is 0 Å². The summed E-state index contributed by atoms with van der Waals surface area (Å²) in [6, 6.07) is 0. The maximum absolute atomic E-state index is 12.3. The first-order valence-electron chi connectivity index (χ1n) is 7.01. The van der Waals surface area contributed by atoms with Crippen LogP contribution in [0.2, 0.25) is 0 Å². The molecule has 6 heteroatoms. The van der Waals surface area contributed by atoms with Gasteiger partial charge in [-0.3, -0.25) is 4.79 Å². The Hall–Kier alpha value is -1.30. The summed E-state index contributed by atoms with van der Waals surface area (Å²) in [6.07, 6.45) is 4.98. The number of ether oxygens (including phenoxy) is 1. The number of hydrogen-bond donors (Lipinski definition) is 3. The molecule has 1 saturated carbocycles. The standard InChI is InChI=1S/C13H23N3O3/c1-9-5-8-19-10(9)11(17)15-13(12(14)16-18)6-3-2-4-7-13/h9-10,18H,2-8H2,1H3,(H2,14,16)(H,15,17). The Labute approximate surface area is 113 Å². The van der Waals surface area contributed by atoms with Gasteiger partial charge in [0.2, 0.25) is 5.91 Å². The molecule has 1 aliphatic heterocycles. The molecule has 0 bridgehead atoms. The van der Waals surface area contributed by atoms with E-state index < -0.39 is 11.6 Å². The minimum atomic E-state index is -0.699. The molecule has 19 heavy (non-hydrogen) atoms. The van der Waals surface area contributed by atoms with Crippen LogP contribution in [0, 0.1) is 5.92 Å². The lowest BCUT2D eigenvalue weighted by molar-refractivity contribution is -0.133. The van der Waals surface area contributed by atoms with Crippen molar-refractivity contribution in [1.82, 2.24) is 5.32 Å². The van der Waals surface area contributed by atoms with Crippen molar-refractivity contribution in [3.8, 4) is 0 Å². The summed E-state index contributed by atoms with van der Waals surface area (Å²) in [6.45, 7) is 2.63. The maximum Gasteiger partial charge on any atom is 0.250 e. The van der Waals surface area contributed by atoms with Crippen molar-refractivity contribution in [1.29, 1.82) is 0 Å². The Morgan fingerprint density at radius 3 is 2.63 bits per heavy atom. The third kappa shape index (κ3) is 2.83. The number of nitrogens with one attached hydrogen (secondary N) is 1. The van der Waals surface area contributed by atoms with Crippen molar-refractivity contribution in [3.63, 3.8) is 0 Å². The highest BCUT2D eigenvalue weighted by atomic mass is 16.5. The lowest BCUT2D eigenvalue weighted by Crippen LogP contribution is -2.60. The van der Waals surface area contributed by atoms with Crippen molar-refractivity contribution >= 4 is 11.7 Å². The van der Waals surface area contributed by atoms with Crippen LogP contribution in [0.15, 0.2) is 5.16 Å². The number of oxime groups is 1. The minimum absolute atomic E-state index is 0.103. The van der Waals surface area contributed by atoms with Gasteiger partial charge in [0.15, 0.2) is 5.84 Å². The van der Waals surface area contributed by atoms with E-state index in [-0.39, 0.29) is 17.7 Å². The zero-order valence-electron chi connectivity index (χ0n) is 11.4. The number of carbonyl (C=O) groups excluding carboxylic acids is 1. The summed E-state index contributed by atoms with van der Waals surface area (Å²) in [7, 11) is 0. The van der Waals surface area contributed by atoms with E-state index in [2.05, 4.69) is 10.5 Å². The largest absolute Gasteiger partial charge is 0.409 e. The predicted octanol–water partition coefficient (Wildman–Crippen LogP) is 0.977. The second-order valence-electron chi connectivity index (χ2n) is 5.67. The molecule has 6 nitrogen and oxygen atoms in total. The van der Waals surface area contributed by atoms with Gasteiger partial charge in [-0.1, -0.05) is 31.3 Å². The van der Waals surface area contributed by atoms with E-state index in [0.717, 1.165) is 38.5 Å². The lowest BCUT2D eigenvalue weighted by Gasteiger charge is -2.37. The first-order valence-corrected chi connectivity index (χ1v) is 7.01.